The molecule has 0 radical (unpaired) electrons. The molecule has 112 valence electrons. The smallest absolute Gasteiger partial charge is 0.131 e. The van der Waals surface area contributed by atoms with Gasteiger partial charge in [-0.15, -0.1) is 0 Å². The zero-order chi connectivity index (χ0) is 15.4. The zero-order valence-electron chi connectivity index (χ0n) is 12.8. The molecule has 2 aromatic carbocycles. The lowest BCUT2D eigenvalue weighted by atomic mass is 10.0. The van der Waals surface area contributed by atoms with Crippen molar-refractivity contribution in [3.8, 4) is 11.5 Å². The van der Waals surface area contributed by atoms with E-state index in [4.69, 9.17) is 10.5 Å². The molecular weight excluding hydrogens is 326 g/mol. The molecule has 0 saturated heterocycles. The number of benzene rings is 2. The molecule has 0 amide bonds. The number of nitrogens with two attached hydrogens (primary N) is 1. The third-order valence-electron chi connectivity index (χ3n) is 3.45. The van der Waals surface area contributed by atoms with Gasteiger partial charge in [0.05, 0.1) is 0 Å². The van der Waals surface area contributed by atoms with E-state index in [9.17, 15) is 0 Å². The summed E-state index contributed by atoms with van der Waals surface area (Å²) in [5.41, 5.74) is 9.26. The standard InChI is InChI=1S/C18H22BrNO/c1-12(2)16-6-4-13(3)10-18(16)21-17-7-5-15(19)11-14(17)8-9-20/h4-7,10-12H,8-9,20H2,1-3H3. The molecule has 21 heavy (non-hydrogen) atoms. The highest BCUT2D eigenvalue weighted by Gasteiger charge is 2.11. The van der Waals surface area contributed by atoms with Gasteiger partial charge in [-0.3, -0.25) is 0 Å². The van der Waals surface area contributed by atoms with Gasteiger partial charge >= 0.3 is 0 Å². The molecule has 0 aromatic heterocycles. The second-order valence-electron chi connectivity index (χ2n) is 5.59. The number of hydrogen-bond donors (Lipinski definition) is 1. The van der Waals surface area contributed by atoms with Crippen LogP contribution in [0.2, 0.25) is 0 Å². The Labute approximate surface area is 135 Å². The Morgan fingerprint density at radius 1 is 1.10 bits per heavy atom. The minimum atomic E-state index is 0.425. The molecule has 0 aliphatic rings. The molecule has 0 saturated carbocycles. The molecule has 0 spiro atoms. The lowest BCUT2D eigenvalue weighted by Gasteiger charge is -2.17. The second-order valence-corrected chi connectivity index (χ2v) is 6.50. The fourth-order valence-electron chi connectivity index (χ4n) is 2.32. The minimum absolute atomic E-state index is 0.425. The van der Waals surface area contributed by atoms with E-state index >= 15 is 0 Å². The van der Waals surface area contributed by atoms with Gasteiger partial charge in [-0.25, -0.2) is 0 Å². The Kier molecular flexibility index (Phi) is 5.43. The van der Waals surface area contributed by atoms with Crippen LogP contribution in [0.25, 0.3) is 0 Å². The second kappa shape index (κ2) is 7.10. The summed E-state index contributed by atoms with van der Waals surface area (Å²) in [6, 6.07) is 12.5. The first-order valence-electron chi connectivity index (χ1n) is 7.28. The Morgan fingerprint density at radius 3 is 2.52 bits per heavy atom. The minimum Gasteiger partial charge on any atom is -0.457 e. The van der Waals surface area contributed by atoms with Gasteiger partial charge in [-0.2, -0.15) is 0 Å². The molecule has 0 atom stereocenters. The van der Waals surface area contributed by atoms with E-state index < -0.39 is 0 Å². The SMILES string of the molecule is Cc1ccc(C(C)C)c(Oc2ccc(Br)cc2CCN)c1. The average Bonchev–Trinajstić information content (AvgIpc) is 2.42. The van der Waals surface area contributed by atoms with Gasteiger partial charge in [0.2, 0.25) is 0 Å². The predicted molar refractivity (Wildman–Crippen MR) is 92.2 cm³/mol. The Morgan fingerprint density at radius 2 is 1.86 bits per heavy atom. The van der Waals surface area contributed by atoms with Crippen LogP contribution in [-0.2, 0) is 6.42 Å². The van der Waals surface area contributed by atoms with Crippen molar-refractivity contribution in [2.24, 2.45) is 5.73 Å². The van der Waals surface area contributed by atoms with Gasteiger partial charge in [0.15, 0.2) is 0 Å². The molecule has 2 rings (SSSR count). The average molecular weight is 348 g/mol. The summed E-state index contributed by atoms with van der Waals surface area (Å²) in [7, 11) is 0. The van der Waals surface area contributed by atoms with E-state index in [0.717, 1.165) is 28.0 Å². The van der Waals surface area contributed by atoms with Crippen molar-refractivity contribution in [2.45, 2.75) is 33.1 Å². The summed E-state index contributed by atoms with van der Waals surface area (Å²) in [5, 5.41) is 0. The van der Waals surface area contributed by atoms with Crippen LogP contribution in [0.5, 0.6) is 11.5 Å². The van der Waals surface area contributed by atoms with E-state index in [1.807, 2.05) is 12.1 Å². The number of halogens is 1. The largest absolute Gasteiger partial charge is 0.457 e. The van der Waals surface area contributed by atoms with E-state index in [-0.39, 0.29) is 0 Å². The third kappa shape index (κ3) is 4.08. The van der Waals surface area contributed by atoms with Gasteiger partial charge in [0, 0.05) is 4.47 Å². The first kappa shape index (κ1) is 16.1. The summed E-state index contributed by atoms with van der Waals surface area (Å²) in [5.74, 6) is 2.25. The van der Waals surface area contributed by atoms with Crippen LogP contribution < -0.4 is 10.5 Å². The van der Waals surface area contributed by atoms with Crippen molar-refractivity contribution in [1.29, 1.82) is 0 Å². The summed E-state index contributed by atoms with van der Waals surface area (Å²) in [6.45, 7) is 7.05. The molecule has 0 aliphatic carbocycles. The number of rotatable bonds is 5. The van der Waals surface area contributed by atoms with E-state index in [0.29, 0.717) is 12.5 Å². The summed E-state index contributed by atoms with van der Waals surface area (Å²) in [6.07, 6.45) is 0.803. The monoisotopic (exact) mass is 347 g/mol. The van der Waals surface area contributed by atoms with Crippen LogP contribution >= 0.6 is 15.9 Å². The molecule has 2 N–H and O–H groups in total. The van der Waals surface area contributed by atoms with Gasteiger partial charge in [0.1, 0.15) is 11.5 Å². The van der Waals surface area contributed by atoms with Crippen molar-refractivity contribution in [3.05, 3.63) is 57.6 Å². The highest BCUT2D eigenvalue weighted by Crippen LogP contribution is 2.34. The van der Waals surface area contributed by atoms with Gasteiger partial charge in [-0.1, -0.05) is 41.9 Å². The van der Waals surface area contributed by atoms with Crippen molar-refractivity contribution in [1.82, 2.24) is 0 Å². The first-order chi connectivity index (χ1) is 10.0. The third-order valence-corrected chi connectivity index (χ3v) is 3.94. The summed E-state index contributed by atoms with van der Waals surface area (Å²) in [4.78, 5) is 0. The highest BCUT2D eigenvalue weighted by molar-refractivity contribution is 9.10. The Hall–Kier alpha value is -1.32. The van der Waals surface area contributed by atoms with Crippen LogP contribution in [0, 0.1) is 6.92 Å². The molecule has 0 unspecified atom stereocenters. The van der Waals surface area contributed by atoms with E-state index in [2.05, 4.69) is 61.0 Å². The summed E-state index contributed by atoms with van der Waals surface area (Å²) < 4.78 is 7.26. The number of aryl methyl sites for hydroxylation is 1. The lowest BCUT2D eigenvalue weighted by molar-refractivity contribution is 0.466. The fraction of sp³-hybridized carbons (Fsp3) is 0.333. The normalized spacial score (nSPS) is 11.0. The zero-order valence-corrected chi connectivity index (χ0v) is 14.4. The molecule has 2 aromatic rings. The highest BCUT2D eigenvalue weighted by atomic mass is 79.9. The van der Waals surface area contributed by atoms with Gasteiger partial charge in [0.25, 0.3) is 0 Å². The fourth-order valence-corrected chi connectivity index (χ4v) is 2.73. The van der Waals surface area contributed by atoms with Crippen LogP contribution in [0.15, 0.2) is 40.9 Å². The number of ether oxygens (including phenoxy) is 1. The maximum Gasteiger partial charge on any atom is 0.131 e. The molecular formula is C18H22BrNO. The predicted octanol–water partition coefficient (Wildman–Crippen LogP) is 5.17. The molecule has 0 heterocycles. The van der Waals surface area contributed by atoms with Crippen molar-refractivity contribution in [2.75, 3.05) is 6.54 Å². The quantitative estimate of drug-likeness (QED) is 0.809. The lowest BCUT2D eigenvalue weighted by Crippen LogP contribution is -2.04. The van der Waals surface area contributed by atoms with Crippen LogP contribution in [0.4, 0.5) is 0 Å². The molecule has 0 bridgehead atoms. The van der Waals surface area contributed by atoms with Gasteiger partial charge in [-0.05, 0) is 66.8 Å². The molecule has 3 heteroatoms. The van der Waals surface area contributed by atoms with Crippen molar-refractivity contribution < 1.29 is 4.74 Å². The van der Waals surface area contributed by atoms with Crippen LogP contribution in [-0.4, -0.2) is 6.54 Å². The maximum absolute atomic E-state index is 6.21. The van der Waals surface area contributed by atoms with E-state index in [1.54, 1.807) is 0 Å². The van der Waals surface area contributed by atoms with Crippen molar-refractivity contribution >= 4 is 15.9 Å². The first-order valence-corrected chi connectivity index (χ1v) is 8.07. The summed E-state index contributed by atoms with van der Waals surface area (Å²) >= 11 is 3.50. The number of hydrogen-bond acceptors (Lipinski definition) is 2. The van der Waals surface area contributed by atoms with Crippen LogP contribution in [0.1, 0.15) is 36.5 Å². The topological polar surface area (TPSA) is 35.2 Å². The molecule has 0 aliphatic heterocycles. The Bertz CT molecular complexity index is 623. The van der Waals surface area contributed by atoms with E-state index in [1.165, 1.54) is 11.1 Å². The maximum atomic E-state index is 6.21. The van der Waals surface area contributed by atoms with Crippen molar-refractivity contribution in [3.63, 3.8) is 0 Å². The Balaban J connectivity index is 2.40. The van der Waals surface area contributed by atoms with Crippen LogP contribution in [0.3, 0.4) is 0 Å². The molecule has 2 nitrogen and oxygen atoms in total. The van der Waals surface area contributed by atoms with Gasteiger partial charge < -0.3 is 10.5 Å². The molecule has 0 fully saturated rings.